The molecule has 138 valence electrons. The van der Waals surface area contributed by atoms with Gasteiger partial charge in [0.05, 0.1) is 11.3 Å². The molecule has 0 atom stereocenters. The minimum absolute atomic E-state index is 0.528. The Morgan fingerprint density at radius 2 is 1.33 bits per heavy atom. The summed E-state index contributed by atoms with van der Waals surface area (Å²) >= 11 is 0. The van der Waals surface area contributed by atoms with Crippen molar-refractivity contribution >= 4 is 32.3 Å². The van der Waals surface area contributed by atoms with Crippen LogP contribution in [0.5, 0.6) is 0 Å². The highest BCUT2D eigenvalue weighted by atomic mass is 14.8. The molecule has 0 fully saturated rings. The van der Waals surface area contributed by atoms with E-state index in [1.165, 1.54) is 32.3 Å². The summed E-state index contributed by atoms with van der Waals surface area (Å²) in [5.74, 6) is 0. The van der Waals surface area contributed by atoms with E-state index in [-0.39, 0.29) is 0 Å². The average Bonchev–Trinajstić information content (AvgIpc) is 2.82. The maximum Gasteiger partial charge on any atom is 0.106 e. The Hall–Kier alpha value is -4.29. The summed E-state index contributed by atoms with van der Waals surface area (Å²) in [4.78, 5) is 8.93. The van der Waals surface area contributed by atoms with Crippen molar-refractivity contribution in [3.05, 3.63) is 96.8 Å². The highest BCUT2D eigenvalue weighted by Crippen LogP contribution is 2.37. The van der Waals surface area contributed by atoms with Crippen LogP contribution in [0.1, 0.15) is 5.56 Å². The molecule has 0 spiro atoms. The van der Waals surface area contributed by atoms with Crippen molar-refractivity contribution in [1.82, 2.24) is 9.97 Å². The van der Waals surface area contributed by atoms with Gasteiger partial charge in [0.2, 0.25) is 0 Å². The molecule has 30 heavy (non-hydrogen) atoms. The van der Waals surface area contributed by atoms with Crippen LogP contribution in [0.2, 0.25) is 0 Å². The molecule has 0 unspecified atom stereocenters. The fourth-order valence-corrected chi connectivity index (χ4v) is 4.32. The molecule has 3 heteroatoms. The fourth-order valence-electron chi connectivity index (χ4n) is 4.32. The van der Waals surface area contributed by atoms with Gasteiger partial charge in [0.15, 0.2) is 0 Å². The van der Waals surface area contributed by atoms with Gasteiger partial charge in [0.25, 0.3) is 0 Å². The van der Waals surface area contributed by atoms with E-state index in [0.29, 0.717) is 17.0 Å². The number of benzene rings is 4. The summed E-state index contributed by atoms with van der Waals surface area (Å²) < 4.78 is 0. The molecule has 2 aromatic heterocycles. The van der Waals surface area contributed by atoms with Gasteiger partial charge in [-0.25, -0.2) is 0 Å². The maximum absolute atomic E-state index is 9.33. The zero-order valence-electron chi connectivity index (χ0n) is 16.0. The summed E-state index contributed by atoms with van der Waals surface area (Å²) in [5.41, 5.74) is 4.01. The van der Waals surface area contributed by atoms with Crippen LogP contribution in [0.15, 0.2) is 91.3 Å². The number of hydrogen-bond acceptors (Lipinski definition) is 3. The van der Waals surface area contributed by atoms with Crippen LogP contribution in [0.4, 0.5) is 0 Å². The molecule has 0 amide bonds. The van der Waals surface area contributed by atoms with E-state index in [1.807, 2.05) is 18.3 Å². The quantitative estimate of drug-likeness (QED) is 0.318. The molecule has 6 rings (SSSR count). The predicted octanol–water partition coefficient (Wildman–Crippen LogP) is 6.58. The first-order valence-electron chi connectivity index (χ1n) is 9.81. The van der Waals surface area contributed by atoms with Crippen molar-refractivity contribution < 1.29 is 0 Å². The molecule has 0 radical (unpaired) electrons. The van der Waals surface area contributed by atoms with Crippen molar-refractivity contribution in [2.45, 2.75) is 0 Å². The van der Waals surface area contributed by atoms with E-state index in [1.54, 1.807) is 18.3 Å². The molecule has 3 nitrogen and oxygen atoms in total. The third-order valence-electron chi connectivity index (χ3n) is 5.73. The Balaban J connectivity index is 1.51. The molecule has 0 aliphatic carbocycles. The van der Waals surface area contributed by atoms with Gasteiger partial charge in [-0.15, -0.1) is 0 Å². The SMILES string of the molecule is N#Cc1cccnc1-c1ccc(-c2cc3ccc4cccc5ccc(c2)c3c45)cn1. The van der Waals surface area contributed by atoms with Crippen LogP contribution in [0.3, 0.4) is 0 Å². The Morgan fingerprint density at radius 3 is 2.00 bits per heavy atom. The topological polar surface area (TPSA) is 49.6 Å². The number of nitriles is 1. The number of nitrogens with zero attached hydrogens (tertiary/aromatic N) is 3. The zero-order valence-corrected chi connectivity index (χ0v) is 16.0. The molecule has 0 bridgehead atoms. The van der Waals surface area contributed by atoms with Gasteiger partial charge >= 0.3 is 0 Å². The molecule has 4 aromatic carbocycles. The Kier molecular flexibility index (Phi) is 3.53. The van der Waals surface area contributed by atoms with E-state index in [0.717, 1.165) is 11.1 Å². The van der Waals surface area contributed by atoms with E-state index in [4.69, 9.17) is 0 Å². The number of pyridine rings is 2. The molecule has 2 heterocycles. The molecule has 0 aliphatic heterocycles. The van der Waals surface area contributed by atoms with Crippen LogP contribution in [-0.4, -0.2) is 9.97 Å². The third kappa shape index (κ3) is 2.45. The van der Waals surface area contributed by atoms with Crippen LogP contribution in [0, 0.1) is 11.3 Å². The van der Waals surface area contributed by atoms with Gasteiger partial charge < -0.3 is 0 Å². The zero-order chi connectivity index (χ0) is 20.1. The minimum atomic E-state index is 0.528. The minimum Gasteiger partial charge on any atom is -0.254 e. The second kappa shape index (κ2) is 6.37. The van der Waals surface area contributed by atoms with Crippen LogP contribution in [0.25, 0.3) is 54.8 Å². The molecular weight excluding hydrogens is 366 g/mol. The molecule has 0 aliphatic rings. The van der Waals surface area contributed by atoms with Crippen molar-refractivity contribution in [1.29, 1.82) is 5.26 Å². The molecule has 0 saturated carbocycles. The van der Waals surface area contributed by atoms with Crippen molar-refractivity contribution in [3.63, 3.8) is 0 Å². The van der Waals surface area contributed by atoms with Gasteiger partial charge in [0.1, 0.15) is 11.8 Å². The lowest BCUT2D eigenvalue weighted by molar-refractivity contribution is 1.23. The van der Waals surface area contributed by atoms with Crippen LogP contribution >= 0.6 is 0 Å². The highest BCUT2D eigenvalue weighted by molar-refractivity contribution is 6.23. The molecule has 6 aromatic rings. The van der Waals surface area contributed by atoms with Crippen molar-refractivity contribution in [3.8, 4) is 28.6 Å². The van der Waals surface area contributed by atoms with E-state index in [2.05, 4.69) is 70.6 Å². The van der Waals surface area contributed by atoms with Crippen molar-refractivity contribution in [2.75, 3.05) is 0 Å². The first kappa shape index (κ1) is 16.6. The Bertz CT molecular complexity index is 1530. The predicted molar refractivity (Wildman–Crippen MR) is 121 cm³/mol. The number of aromatic nitrogens is 2. The normalized spacial score (nSPS) is 11.3. The van der Waals surface area contributed by atoms with Crippen LogP contribution in [-0.2, 0) is 0 Å². The lowest BCUT2D eigenvalue weighted by Gasteiger charge is -2.13. The van der Waals surface area contributed by atoms with Gasteiger partial charge in [-0.2, -0.15) is 5.26 Å². The largest absolute Gasteiger partial charge is 0.254 e. The van der Waals surface area contributed by atoms with Gasteiger partial charge in [-0.3, -0.25) is 9.97 Å². The van der Waals surface area contributed by atoms with Gasteiger partial charge in [-0.05, 0) is 68.2 Å². The monoisotopic (exact) mass is 381 g/mol. The van der Waals surface area contributed by atoms with Gasteiger partial charge in [0, 0.05) is 18.0 Å². The summed E-state index contributed by atoms with van der Waals surface area (Å²) in [6.45, 7) is 0. The van der Waals surface area contributed by atoms with E-state index in [9.17, 15) is 5.26 Å². The Morgan fingerprint density at radius 1 is 0.633 bits per heavy atom. The first-order chi connectivity index (χ1) is 14.8. The van der Waals surface area contributed by atoms with Crippen LogP contribution < -0.4 is 0 Å². The lowest BCUT2D eigenvalue weighted by atomic mass is 9.91. The summed E-state index contributed by atoms with van der Waals surface area (Å²) in [6.07, 6.45) is 3.54. The summed E-state index contributed by atoms with van der Waals surface area (Å²) in [6, 6.07) is 29.4. The van der Waals surface area contributed by atoms with E-state index < -0.39 is 0 Å². The van der Waals surface area contributed by atoms with Crippen molar-refractivity contribution in [2.24, 2.45) is 0 Å². The maximum atomic E-state index is 9.33. The molecule has 0 saturated heterocycles. The third-order valence-corrected chi connectivity index (χ3v) is 5.73. The standard InChI is InChI=1S/C27H15N3/c28-15-21-5-2-12-29-27(21)24-11-10-22(16-30-24)23-13-19-8-6-17-3-1-4-18-7-9-20(14-23)26(19)25(17)18/h1-14,16H. The van der Waals surface area contributed by atoms with E-state index >= 15 is 0 Å². The summed E-state index contributed by atoms with van der Waals surface area (Å²) in [5, 5.41) is 17.0. The summed E-state index contributed by atoms with van der Waals surface area (Å²) in [7, 11) is 0. The average molecular weight is 381 g/mol. The molecular formula is C27H15N3. The fraction of sp³-hybridized carbons (Fsp3) is 0. The number of hydrogen-bond donors (Lipinski definition) is 0. The van der Waals surface area contributed by atoms with Gasteiger partial charge in [-0.1, -0.05) is 48.5 Å². The highest BCUT2D eigenvalue weighted by Gasteiger charge is 2.11. The number of rotatable bonds is 2. The first-order valence-corrected chi connectivity index (χ1v) is 9.81. The molecule has 0 N–H and O–H groups in total. The second-order valence-electron chi connectivity index (χ2n) is 7.45. The smallest absolute Gasteiger partial charge is 0.106 e. The lowest BCUT2D eigenvalue weighted by Crippen LogP contribution is -1.92. The second-order valence-corrected chi connectivity index (χ2v) is 7.45. The Labute approximate surface area is 173 Å².